The molecular formula is C16H24N4O. The van der Waals surface area contributed by atoms with Crippen molar-refractivity contribution in [2.75, 3.05) is 13.1 Å². The standard InChI is InChI=1S/C16H24N4O/c1-11(2)9-19(10-12(3)4)16(21)14-6-7-20-13(5)17-18-15(20)8-14/h6-8,11-12H,9-10H2,1-5H3. The number of aryl methyl sites for hydroxylation is 1. The van der Waals surface area contributed by atoms with E-state index in [2.05, 4.69) is 37.9 Å². The Morgan fingerprint density at radius 3 is 2.38 bits per heavy atom. The molecule has 2 aromatic rings. The van der Waals surface area contributed by atoms with Crippen LogP contribution in [0.5, 0.6) is 0 Å². The summed E-state index contributed by atoms with van der Waals surface area (Å²) < 4.78 is 1.88. The molecule has 0 fully saturated rings. The second kappa shape index (κ2) is 6.24. The van der Waals surface area contributed by atoms with Crippen LogP contribution in [0.2, 0.25) is 0 Å². The van der Waals surface area contributed by atoms with Crippen molar-refractivity contribution < 1.29 is 4.79 Å². The van der Waals surface area contributed by atoms with E-state index in [-0.39, 0.29) is 5.91 Å². The summed E-state index contributed by atoms with van der Waals surface area (Å²) in [7, 11) is 0. The van der Waals surface area contributed by atoms with E-state index < -0.39 is 0 Å². The highest BCUT2D eigenvalue weighted by molar-refractivity contribution is 5.95. The third kappa shape index (κ3) is 3.60. The molecule has 2 aromatic heterocycles. The highest BCUT2D eigenvalue weighted by Crippen LogP contribution is 2.13. The summed E-state index contributed by atoms with van der Waals surface area (Å²) >= 11 is 0. The van der Waals surface area contributed by atoms with Crippen LogP contribution in [0.3, 0.4) is 0 Å². The summed E-state index contributed by atoms with van der Waals surface area (Å²) in [5.41, 5.74) is 1.39. The minimum Gasteiger partial charge on any atom is -0.338 e. The first-order valence-electron chi connectivity index (χ1n) is 7.49. The fourth-order valence-corrected chi connectivity index (χ4v) is 2.45. The average molecular weight is 288 g/mol. The van der Waals surface area contributed by atoms with E-state index in [9.17, 15) is 4.79 Å². The highest BCUT2D eigenvalue weighted by Gasteiger charge is 2.18. The summed E-state index contributed by atoms with van der Waals surface area (Å²) in [6.45, 7) is 12.0. The van der Waals surface area contributed by atoms with Crippen LogP contribution in [-0.2, 0) is 0 Å². The molecule has 2 heterocycles. The van der Waals surface area contributed by atoms with Gasteiger partial charge in [0.05, 0.1) is 0 Å². The van der Waals surface area contributed by atoms with E-state index in [1.54, 1.807) is 0 Å². The molecule has 114 valence electrons. The fourth-order valence-electron chi connectivity index (χ4n) is 2.45. The summed E-state index contributed by atoms with van der Waals surface area (Å²) in [6, 6.07) is 3.66. The van der Waals surface area contributed by atoms with Gasteiger partial charge in [-0.1, -0.05) is 27.7 Å². The van der Waals surface area contributed by atoms with Crippen molar-refractivity contribution in [3.05, 3.63) is 29.7 Å². The third-order valence-corrected chi connectivity index (χ3v) is 3.29. The average Bonchev–Trinajstić information content (AvgIpc) is 2.77. The van der Waals surface area contributed by atoms with E-state index in [0.717, 1.165) is 18.9 Å². The van der Waals surface area contributed by atoms with Crippen LogP contribution in [0.25, 0.3) is 5.65 Å². The third-order valence-electron chi connectivity index (χ3n) is 3.29. The molecule has 0 aliphatic heterocycles. The van der Waals surface area contributed by atoms with Crippen molar-refractivity contribution in [3.8, 4) is 0 Å². The Kier molecular flexibility index (Phi) is 4.60. The van der Waals surface area contributed by atoms with E-state index in [0.29, 0.717) is 23.0 Å². The number of aromatic nitrogens is 3. The predicted octanol–water partition coefficient (Wildman–Crippen LogP) is 2.79. The molecule has 0 radical (unpaired) electrons. The Bertz CT molecular complexity index is 620. The lowest BCUT2D eigenvalue weighted by molar-refractivity contribution is 0.0715. The van der Waals surface area contributed by atoms with Gasteiger partial charge in [0.25, 0.3) is 5.91 Å². The van der Waals surface area contributed by atoms with Crippen LogP contribution in [0.1, 0.15) is 43.9 Å². The lowest BCUT2D eigenvalue weighted by Gasteiger charge is -2.26. The maximum absolute atomic E-state index is 12.7. The number of fused-ring (bicyclic) bond motifs is 1. The Hall–Kier alpha value is -1.91. The molecule has 0 aliphatic carbocycles. The monoisotopic (exact) mass is 288 g/mol. The Balaban J connectivity index is 2.28. The van der Waals surface area contributed by atoms with Crippen molar-refractivity contribution in [1.29, 1.82) is 0 Å². The van der Waals surface area contributed by atoms with Gasteiger partial charge in [-0.05, 0) is 30.9 Å². The van der Waals surface area contributed by atoms with Gasteiger partial charge in [-0.15, -0.1) is 10.2 Å². The van der Waals surface area contributed by atoms with Crippen molar-refractivity contribution >= 4 is 11.6 Å². The number of nitrogens with zero attached hydrogens (tertiary/aromatic N) is 4. The van der Waals surface area contributed by atoms with Crippen molar-refractivity contribution in [3.63, 3.8) is 0 Å². The van der Waals surface area contributed by atoms with Gasteiger partial charge >= 0.3 is 0 Å². The maximum atomic E-state index is 12.7. The van der Waals surface area contributed by atoms with Crippen molar-refractivity contribution in [2.24, 2.45) is 11.8 Å². The van der Waals surface area contributed by atoms with E-state index in [1.165, 1.54) is 0 Å². The van der Waals surface area contributed by atoms with Gasteiger partial charge in [0.2, 0.25) is 0 Å². The molecule has 0 unspecified atom stereocenters. The zero-order valence-corrected chi connectivity index (χ0v) is 13.5. The minimum absolute atomic E-state index is 0.0700. The smallest absolute Gasteiger partial charge is 0.254 e. The number of hydrogen-bond donors (Lipinski definition) is 0. The molecular weight excluding hydrogens is 264 g/mol. The van der Waals surface area contributed by atoms with Gasteiger partial charge in [-0.25, -0.2) is 0 Å². The van der Waals surface area contributed by atoms with Crippen LogP contribution in [0.4, 0.5) is 0 Å². The summed E-state index contributed by atoms with van der Waals surface area (Å²) in [4.78, 5) is 14.7. The van der Waals surface area contributed by atoms with Gasteiger partial charge in [0.1, 0.15) is 5.82 Å². The molecule has 0 N–H and O–H groups in total. The van der Waals surface area contributed by atoms with Crippen LogP contribution in [-0.4, -0.2) is 38.5 Å². The summed E-state index contributed by atoms with van der Waals surface area (Å²) in [6.07, 6.45) is 1.86. The molecule has 0 spiro atoms. The predicted molar refractivity (Wildman–Crippen MR) is 83.3 cm³/mol. The fraction of sp³-hybridized carbons (Fsp3) is 0.562. The molecule has 21 heavy (non-hydrogen) atoms. The van der Waals surface area contributed by atoms with Gasteiger partial charge < -0.3 is 4.90 Å². The molecule has 2 rings (SSSR count). The lowest BCUT2D eigenvalue weighted by Crippen LogP contribution is -2.37. The number of carbonyl (C=O) groups is 1. The van der Waals surface area contributed by atoms with E-state index in [4.69, 9.17) is 0 Å². The zero-order valence-electron chi connectivity index (χ0n) is 13.5. The number of rotatable bonds is 5. The molecule has 1 amide bonds. The molecule has 0 atom stereocenters. The first-order valence-corrected chi connectivity index (χ1v) is 7.49. The van der Waals surface area contributed by atoms with E-state index >= 15 is 0 Å². The van der Waals surface area contributed by atoms with Gasteiger partial charge in [0, 0.05) is 24.8 Å². The molecule has 0 aromatic carbocycles. The van der Waals surface area contributed by atoms with Gasteiger partial charge in [0.15, 0.2) is 5.65 Å². The van der Waals surface area contributed by atoms with Crippen molar-refractivity contribution in [2.45, 2.75) is 34.6 Å². The number of pyridine rings is 1. The first kappa shape index (κ1) is 15.5. The van der Waals surface area contributed by atoms with E-state index in [1.807, 2.05) is 34.6 Å². The molecule has 0 aliphatic rings. The minimum atomic E-state index is 0.0700. The first-order chi connectivity index (χ1) is 9.88. The Labute approximate surface area is 126 Å². The molecule has 0 saturated heterocycles. The number of amides is 1. The Morgan fingerprint density at radius 2 is 1.81 bits per heavy atom. The number of carbonyl (C=O) groups excluding carboxylic acids is 1. The Morgan fingerprint density at radius 1 is 1.19 bits per heavy atom. The van der Waals surface area contributed by atoms with Gasteiger partial charge in [-0.2, -0.15) is 0 Å². The normalized spacial score (nSPS) is 11.6. The summed E-state index contributed by atoms with van der Waals surface area (Å²) in [5, 5.41) is 8.11. The van der Waals surface area contributed by atoms with Crippen LogP contribution in [0.15, 0.2) is 18.3 Å². The molecule has 0 bridgehead atoms. The second-order valence-corrected chi connectivity index (χ2v) is 6.39. The van der Waals surface area contributed by atoms with Crippen molar-refractivity contribution in [1.82, 2.24) is 19.5 Å². The maximum Gasteiger partial charge on any atom is 0.254 e. The van der Waals surface area contributed by atoms with Gasteiger partial charge in [-0.3, -0.25) is 9.20 Å². The molecule has 0 saturated carbocycles. The molecule has 5 nitrogen and oxygen atoms in total. The van der Waals surface area contributed by atoms with Crippen LogP contribution in [0, 0.1) is 18.8 Å². The molecule has 5 heteroatoms. The van der Waals surface area contributed by atoms with Crippen LogP contribution >= 0.6 is 0 Å². The SMILES string of the molecule is Cc1nnc2cc(C(=O)N(CC(C)C)CC(C)C)ccn12. The second-order valence-electron chi connectivity index (χ2n) is 6.39. The topological polar surface area (TPSA) is 50.5 Å². The summed E-state index contributed by atoms with van der Waals surface area (Å²) in [5.74, 6) is 1.80. The largest absolute Gasteiger partial charge is 0.338 e. The quantitative estimate of drug-likeness (QED) is 0.850. The zero-order chi connectivity index (χ0) is 15.6. The number of hydrogen-bond acceptors (Lipinski definition) is 3. The highest BCUT2D eigenvalue weighted by atomic mass is 16.2. The van der Waals surface area contributed by atoms with Crippen LogP contribution < -0.4 is 0 Å². The lowest BCUT2D eigenvalue weighted by atomic mass is 10.1.